The first kappa shape index (κ1) is 18.4. The van der Waals surface area contributed by atoms with Crippen LogP contribution in [0.3, 0.4) is 0 Å². The highest BCUT2D eigenvalue weighted by Crippen LogP contribution is 2.29. The van der Waals surface area contributed by atoms with Crippen molar-refractivity contribution in [2.24, 2.45) is 0 Å². The highest BCUT2D eigenvalue weighted by molar-refractivity contribution is 5.92. The molecule has 7 nitrogen and oxygen atoms in total. The van der Waals surface area contributed by atoms with Crippen molar-refractivity contribution in [2.45, 2.75) is 0 Å². The quantitative estimate of drug-likeness (QED) is 0.370. The lowest BCUT2D eigenvalue weighted by atomic mass is 10.2. The zero-order valence-electron chi connectivity index (χ0n) is 15.6. The van der Waals surface area contributed by atoms with E-state index in [-0.39, 0.29) is 22.1 Å². The molecular formula is C22H16O7. The number of hydrogen-bond acceptors (Lipinski definition) is 7. The number of rotatable bonds is 5. The summed E-state index contributed by atoms with van der Waals surface area (Å²) in [7, 11) is 2.99. The lowest BCUT2D eigenvalue weighted by Gasteiger charge is -2.10. The van der Waals surface area contributed by atoms with Crippen LogP contribution < -0.4 is 19.6 Å². The maximum Gasteiger partial charge on any atom is 0.343 e. The molecule has 4 rings (SSSR count). The molecule has 0 radical (unpaired) electrons. The van der Waals surface area contributed by atoms with E-state index in [0.717, 1.165) is 0 Å². The monoisotopic (exact) mass is 392 g/mol. The Kier molecular flexibility index (Phi) is 4.78. The molecule has 0 aliphatic heterocycles. The van der Waals surface area contributed by atoms with Gasteiger partial charge in [-0.15, -0.1) is 0 Å². The second kappa shape index (κ2) is 7.55. The van der Waals surface area contributed by atoms with Gasteiger partial charge in [0.1, 0.15) is 11.3 Å². The summed E-state index contributed by atoms with van der Waals surface area (Å²) in [6, 6.07) is 14.0. The maximum absolute atomic E-state index is 12.5. The molecule has 0 saturated carbocycles. The molecule has 0 atom stereocenters. The minimum Gasteiger partial charge on any atom is -0.493 e. The maximum atomic E-state index is 12.5. The van der Waals surface area contributed by atoms with Crippen molar-refractivity contribution in [1.29, 1.82) is 0 Å². The van der Waals surface area contributed by atoms with Gasteiger partial charge in [0.05, 0.1) is 31.4 Å². The molecule has 0 amide bonds. The number of benzene rings is 2. The van der Waals surface area contributed by atoms with Crippen molar-refractivity contribution >= 4 is 16.9 Å². The third-order valence-electron chi connectivity index (χ3n) is 4.29. The first-order valence-corrected chi connectivity index (χ1v) is 8.65. The summed E-state index contributed by atoms with van der Waals surface area (Å²) in [6.07, 6.45) is 1.50. The van der Waals surface area contributed by atoms with Gasteiger partial charge in [-0.25, -0.2) is 4.79 Å². The van der Waals surface area contributed by atoms with Crippen LogP contribution in [0.4, 0.5) is 0 Å². The third-order valence-corrected chi connectivity index (χ3v) is 4.29. The van der Waals surface area contributed by atoms with Gasteiger partial charge in [-0.2, -0.15) is 0 Å². The summed E-state index contributed by atoms with van der Waals surface area (Å²) in [4.78, 5) is 25.0. The smallest absolute Gasteiger partial charge is 0.343 e. The fourth-order valence-electron chi connectivity index (χ4n) is 2.87. The van der Waals surface area contributed by atoms with Gasteiger partial charge in [0.2, 0.25) is 0 Å². The van der Waals surface area contributed by atoms with Gasteiger partial charge in [0.25, 0.3) is 0 Å². The first-order valence-electron chi connectivity index (χ1n) is 8.65. The van der Waals surface area contributed by atoms with Crippen LogP contribution in [0.15, 0.2) is 74.5 Å². The molecule has 0 unspecified atom stereocenters. The Labute approximate surface area is 165 Å². The van der Waals surface area contributed by atoms with Gasteiger partial charge in [-0.3, -0.25) is 4.79 Å². The molecule has 0 bridgehead atoms. The molecule has 0 N–H and O–H groups in total. The zero-order chi connectivity index (χ0) is 20.4. The summed E-state index contributed by atoms with van der Waals surface area (Å²) in [5.74, 6) is 1.30. The fourth-order valence-corrected chi connectivity index (χ4v) is 2.87. The Bertz CT molecular complexity index is 1240. The largest absolute Gasteiger partial charge is 0.493 e. The molecule has 0 saturated heterocycles. The van der Waals surface area contributed by atoms with Crippen molar-refractivity contribution in [2.75, 3.05) is 14.2 Å². The lowest BCUT2D eigenvalue weighted by Crippen LogP contribution is -2.09. The van der Waals surface area contributed by atoms with Crippen LogP contribution in [-0.2, 0) is 0 Å². The van der Waals surface area contributed by atoms with Crippen molar-refractivity contribution < 1.29 is 27.8 Å². The number of fused-ring (bicyclic) bond motifs is 1. The Balaban J connectivity index is 1.63. The van der Waals surface area contributed by atoms with Gasteiger partial charge in [-0.1, -0.05) is 0 Å². The Hall–Kier alpha value is -4.00. The predicted molar refractivity (Wildman–Crippen MR) is 105 cm³/mol. The van der Waals surface area contributed by atoms with E-state index in [2.05, 4.69) is 0 Å². The van der Waals surface area contributed by atoms with Crippen molar-refractivity contribution in [1.82, 2.24) is 0 Å². The summed E-state index contributed by atoms with van der Waals surface area (Å²) < 4.78 is 26.7. The minimum atomic E-state index is -0.595. The van der Waals surface area contributed by atoms with E-state index in [0.29, 0.717) is 28.6 Å². The fraction of sp³-hybridized carbons (Fsp3) is 0.0909. The van der Waals surface area contributed by atoms with Crippen LogP contribution in [0.25, 0.3) is 22.5 Å². The van der Waals surface area contributed by atoms with Crippen molar-refractivity contribution in [3.05, 3.63) is 76.6 Å². The first-order chi connectivity index (χ1) is 14.1. The van der Waals surface area contributed by atoms with Crippen molar-refractivity contribution in [3.63, 3.8) is 0 Å². The highest BCUT2D eigenvalue weighted by Gasteiger charge is 2.15. The van der Waals surface area contributed by atoms with Crippen LogP contribution in [0.5, 0.6) is 17.2 Å². The lowest BCUT2D eigenvalue weighted by molar-refractivity contribution is 0.0734. The van der Waals surface area contributed by atoms with E-state index in [1.165, 1.54) is 38.7 Å². The number of furan rings is 1. The molecule has 29 heavy (non-hydrogen) atoms. The van der Waals surface area contributed by atoms with E-state index in [9.17, 15) is 9.59 Å². The number of carbonyl (C=O) groups excluding carboxylic acids is 1. The molecule has 4 aromatic rings. The number of hydrogen-bond donors (Lipinski definition) is 0. The highest BCUT2D eigenvalue weighted by atomic mass is 16.5. The van der Waals surface area contributed by atoms with Crippen LogP contribution in [0.2, 0.25) is 0 Å². The van der Waals surface area contributed by atoms with Gasteiger partial charge in [0, 0.05) is 6.07 Å². The van der Waals surface area contributed by atoms with Crippen LogP contribution in [0.1, 0.15) is 10.4 Å². The standard InChI is InChI=1S/C22H16O7/c1-25-18-7-5-13(10-20(18)26-2)22(24)28-14-6-8-17-15(11-14)16(23)12-21(29-17)19-4-3-9-27-19/h3-12H,1-2H3. The average Bonchev–Trinajstić information content (AvgIpc) is 3.28. The number of esters is 1. The summed E-state index contributed by atoms with van der Waals surface area (Å²) in [5.41, 5.74) is 0.361. The SMILES string of the molecule is COc1ccc(C(=O)Oc2ccc3oc(-c4ccco4)cc(=O)c3c2)cc1OC. The van der Waals surface area contributed by atoms with Gasteiger partial charge in [0.15, 0.2) is 28.4 Å². The van der Waals surface area contributed by atoms with Crippen LogP contribution in [-0.4, -0.2) is 20.2 Å². The summed E-state index contributed by atoms with van der Waals surface area (Å²) >= 11 is 0. The normalized spacial score (nSPS) is 10.7. The molecular weight excluding hydrogens is 376 g/mol. The molecule has 0 aliphatic carbocycles. The number of methoxy groups -OCH3 is 2. The van der Waals surface area contributed by atoms with Crippen molar-refractivity contribution in [3.8, 4) is 28.8 Å². The van der Waals surface area contributed by atoms with Crippen LogP contribution >= 0.6 is 0 Å². The Morgan fingerprint density at radius 2 is 1.72 bits per heavy atom. The molecule has 0 spiro atoms. The second-order valence-corrected chi connectivity index (χ2v) is 6.07. The number of carbonyl (C=O) groups is 1. The Morgan fingerprint density at radius 3 is 2.45 bits per heavy atom. The van der Waals surface area contributed by atoms with E-state index in [1.54, 1.807) is 36.4 Å². The summed E-state index contributed by atoms with van der Waals surface area (Å²) in [5, 5.41) is 0.290. The van der Waals surface area contributed by atoms with E-state index in [1.807, 2.05) is 0 Å². The van der Waals surface area contributed by atoms with Gasteiger partial charge < -0.3 is 23.0 Å². The average molecular weight is 392 g/mol. The second-order valence-electron chi connectivity index (χ2n) is 6.07. The summed E-state index contributed by atoms with van der Waals surface area (Å²) in [6.45, 7) is 0. The van der Waals surface area contributed by atoms with E-state index < -0.39 is 5.97 Å². The van der Waals surface area contributed by atoms with Crippen LogP contribution in [0, 0.1) is 0 Å². The topological polar surface area (TPSA) is 88.1 Å². The molecule has 146 valence electrons. The van der Waals surface area contributed by atoms with Gasteiger partial charge >= 0.3 is 5.97 Å². The molecule has 2 aromatic heterocycles. The molecule has 0 aliphatic rings. The predicted octanol–water partition coefficient (Wildman–Crippen LogP) is 4.29. The zero-order valence-corrected chi connectivity index (χ0v) is 15.6. The Morgan fingerprint density at radius 1 is 0.897 bits per heavy atom. The minimum absolute atomic E-state index is 0.218. The molecule has 0 fully saturated rings. The molecule has 7 heteroatoms. The third kappa shape index (κ3) is 3.58. The van der Waals surface area contributed by atoms with E-state index >= 15 is 0 Å². The van der Waals surface area contributed by atoms with E-state index in [4.69, 9.17) is 23.0 Å². The molecule has 2 aromatic carbocycles. The number of ether oxygens (including phenoxy) is 3. The van der Waals surface area contributed by atoms with Gasteiger partial charge in [-0.05, 0) is 48.5 Å². The molecule has 2 heterocycles.